The lowest BCUT2D eigenvalue weighted by atomic mass is 10.1. The highest BCUT2D eigenvalue weighted by Crippen LogP contribution is 2.15. The third-order valence-corrected chi connectivity index (χ3v) is 3.63. The molecule has 0 aromatic heterocycles. The number of halogens is 1. The lowest BCUT2D eigenvalue weighted by Crippen LogP contribution is -2.08. The molecule has 0 spiro atoms. The van der Waals surface area contributed by atoms with E-state index in [0.29, 0.717) is 6.10 Å². The monoisotopic (exact) mass is 250 g/mol. The van der Waals surface area contributed by atoms with E-state index in [1.54, 1.807) is 0 Å². The van der Waals surface area contributed by atoms with Gasteiger partial charge in [-0.25, -0.2) is 0 Å². The van der Waals surface area contributed by atoms with Gasteiger partial charge >= 0.3 is 0 Å². The Morgan fingerprint density at radius 3 is 2.15 bits per heavy atom. The van der Waals surface area contributed by atoms with Gasteiger partial charge in [-0.2, -0.15) is 0 Å². The smallest absolute Gasteiger partial charge is 0.0568 e. The highest BCUT2D eigenvalue weighted by molar-refractivity contribution is 9.09. The van der Waals surface area contributed by atoms with Crippen LogP contribution in [0.5, 0.6) is 0 Å². The molecule has 2 atom stereocenters. The molecule has 2 unspecified atom stereocenters. The predicted molar refractivity (Wildman–Crippen MR) is 62.6 cm³/mol. The molecule has 0 aromatic carbocycles. The fourth-order valence-corrected chi connectivity index (χ4v) is 1.75. The van der Waals surface area contributed by atoms with Gasteiger partial charge in [-0.3, -0.25) is 0 Å². The molecule has 0 saturated carbocycles. The average Bonchev–Trinajstić information content (AvgIpc) is 2.18. The summed E-state index contributed by atoms with van der Waals surface area (Å²) >= 11 is 3.65. The number of hydrogen-bond donors (Lipinski definition) is 0. The molecule has 1 nitrogen and oxygen atoms in total. The number of methoxy groups -OCH3 is 1. The molecular weight excluding hydrogens is 228 g/mol. The van der Waals surface area contributed by atoms with E-state index < -0.39 is 0 Å². The van der Waals surface area contributed by atoms with Crippen molar-refractivity contribution >= 4 is 15.9 Å². The van der Waals surface area contributed by atoms with Crippen LogP contribution in [-0.4, -0.2) is 18.0 Å². The van der Waals surface area contributed by atoms with Crippen LogP contribution in [0.2, 0.25) is 0 Å². The summed E-state index contributed by atoms with van der Waals surface area (Å²) in [7, 11) is 1.81. The van der Waals surface area contributed by atoms with Crippen LogP contribution in [0.15, 0.2) is 0 Å². The third kappa shape index (κ3) is 7.51. The Kier molecular flexibility index (Phi) is 9.32. The van der Waals surface area contributed by atoms with E-state index in [1.807, 2.05) is 7.11 Å². The standard InChI is InChI=1S/C11H23BrO/c1-4-10(12)8-6-7-9-11(5-2)13-3/h10-11H,4-9H2,1-3H3. The van der Waals surface area contributed by atoms with Gasteiger partial charge in [0.1, 0.15) is 0 Å². The molecule has 0 radical (unpaired) electrons. The third-order valence-electron chi connectivity index (χ3n) is 2.53. The molecule has 0 aliphatic rings. The molecule has 0 aliphatic carbocycles. The highest BCUT2D eigenvalue weighted by Gasteiger charge is 2.04. The van der Waals surface area contributed by atoms with Gasteiger partial charge in [-0.1, -0.05) is 42.6 Å². The van der Waals surface area contributed by atoms with Gasteiger partial charge in [-0.05, 0) is 25.7 Å². The Bertz CT molecular complexity index is 102. The minimum atomic E-state index is 0.482. The molecule has 13 heavy (non-hydrogen) atoms. The molecule has 0 aliphatic heterocycles. The van der Waals surface area contributed by atoms with E-state index in [-0.39, 0.29) is 0 Å². The summed E-state index contributed by atoms with van der Waals surface area (Å²) in [6, 6.07) is 0. The summed E-state index contributed by atoms with van der Waals surface area (Å²) in [5.74, 6) is 0. The second-order valence-corrected chi connectivity index (χ2v) is 4.85. The lowest BCUT2D eigenvalue weighted by molar-refractivity contribution is 0.0897. The number of rotatable bonds is 8. The van der Waals surface area contributed by atoms with E-state index in [0.717, 1.165) is 11.2 Å². The molecule has 2 heteroatoms. The molecule has 0 rings (SSSR count). The van der Waals surface area contributed by atoms with E-state index in [9.17, 15) is 0 Å². The molecule has 0 heterocycles. The lowest BCUT2D eigenvalue weighted by Gasteiger charge is -2.12. The normalized spacial score (nSPS) is 15.7. The SMILES string of the molecule is CCC(Br)CCCCC(CC)OC. The number of alkyl halides is 1. The van der Waals surface area contributed by atoms with Crippen molar-refractivity contribution in [1.82, 2.24) is 0 Å². The molecule has 0 bridgehead atoms. The zero-order valence-corrected chi connectivity index (χ0v) is 10.8. The minimum absolute atomic E-state index is 0.482. The van der Waals surface area contributed by atoms with E-state index in [1.165, 1.54) is 32.1 Å². The van der Waals surface area contributed by atoms with Crippen molar-refractivity contribution < 1.29 is 4.74 Å². The highest BCUT2D eigenvalue weighted by atomic mass is 79.9. The van der Waals surface area contributed by atoms with Crippen LogP contribution < -0.4 is 0 Å². The number of unbranched alkanes of at least 4 members (excludes halogenated alkanes) is 1. The Balaban J connectivity index is 3.23. The van der Waals surface area contributed by atoms with Crippen LogP contribution in [0, 0.1) is 0 Å². The quantitative estimate of drug-likeness (QED) is 0.465. The van der Waals surface area contributed by atoms with Gasteiger partial charge in [0.05, 0.1) is 6.10 Å². The molecule has 0 fully saturated rings. The first-order valence-electron chi connectivity index (χ1n) is 5.41. The predicted octanol–water partition coefficient (Wildman–Crippen LogP) is 4.15. The second-order valence-electron chi connectivity index (χ2n) is 3.56. The summed E-state index contributed by atoms with van der Waals surface area (Å²) in [6.45, 7) is 4.41. The van der Waals surface area contributed by atoms with Gasteiger partial charge < -0.3 is 4.74 Å². The van der Waals surface area contributed by atoms with Crippen LogP contribution >= 0.6 is 15.9 Å². The second kappa shape index (κ2) is 9.01. The van der Waals surface area contributed by atoms with Crippen molar-refractivity contribution in [2.75, 3.05) is 7.11 Å². The fourth-order valence-electron chi connectivity index (χ4n) is 1.43. The van der Waals surface area contributed by atoms with Crippen molar-refractivity contribution in [2.45, 2.75) is 63.3 Å². The fraction of sp³-hybridized carbons (Fsp3) is 1.00. The first-order valence-corrected chi connectivity index (χ1v) is 6.33. The van der Waals surface area contributed by atoms with Crippen molar-refractivity contribution in [3.63, 3.8) is 0 Å². The summed E-state index contributed by atoms with van der Waals surface area (Å²) in [5.41, 5.74) is 0. The molecular formula is C11H23BrO. The van der Waals surface area contributed by atoms with Crippen LogP contribution in [0.3, 0.4) is 0 Å². The largest absolute Gasteiger partial charge is 0.381 e. The zero-order chi connectivity index (χ0) is 10.1. The van der Waals surface area contributed by atoms with Crippen molar-refractivity contribution in [2.24, 2.45) is 0 Å². The molecule has 0 N–H and O–H groups in total. The van der Waals surface area contributed by atoms with Crippen LogP contribution in [-0.2, 0) is 4.74 Å². The summed E-state index contributed by atoms with van der Waals surface area (Å²) in [5, 5.41) is 0. The summed E-state index contributed by atoms with van der Waals surface area (Å²) in [6.07, 6.45) is 8.00. The van der Waals surface area contributed by atoms with E-state index in [4.69, 9.17) is 4.74 Å². The minimum Gasteiger partial charge on any atom is -0.381 e. The van der Waals surface area contributed by atoms with Gasteiger partial charge in [0.25, 0.3) is 0 Å². The maximum atomic E-state index is 5.32. The van der Waals surface area contributed by atoms with Crippen molar-refractivity contribution in [3.05, 3.63) is 0 Å². The molecule has 80 valence electrons. The van der Waals surface area contributed by atoms with E-state index >= 15 is 0 Å². The van der Waals surface area contributed by atoms with Gasteiger partial charge in [0.15, 0.2) is 0 Å². The Morgan fingerprint density at radius 1 is 1.08 bits per heavy atom. The van der Waals surface area contributed by atoms with Crippen molar-refractivity contribution in [1.29, 1.82) is 0 Å². The van der Waals surface area contributed by atoms with Gasteiger partial charge in [0.2, 0.25) is 0 Å². The van der Waals surface area contributed by atoms with Gasteiger partial charge in [-0.15, -0.1) is 0 Å². The van der Waals surface area contributed by atoms with Crippen LogP contribution in [0.25, 0.3) is 0 Å². The summed E-state index contributed by atoms with van der Waals surface area (Å²) < 4.78 is 5.32. The average molecular weight is 251 g/mol. The Labute approximate surface area is 91.4 Å². The van der Waals surface area contributed by atoms with Crippen molar-refractivity contribution in [3.8, 4) is 0 Å². The maximum absolute atomic E-state index is 5.32. The van der Waals surface area contributed by atoms with Crippen LogP contribution in [0.1, 0.15) is 52.4 Å². The topological polar surface area (TPSA) is 9.23 Å². The first-order chi connectivity index (χ1) is 6.24. The Hall–Kier alpha value is 0.440. The molecule has 0 saturated heterocycles. The molecule has 0 aromatic rings. The first kappa shape index (κ1) is 13.4. The number of hydrogen-bond acceptors (Lipinski definition) is 1. The zero-order valence-electron chi connectivity index (χ0n) is 9.18. The van der Waals surface area contributed by atoms with E-state index in [2.05, 4.69) is 29.8 Å². The maximum Gasteiger partial charge on any atom is 0.0568 e. The molecule has 0 amide bonds. The summed E-state index contributed by atoms with van der Waals surface area (Å²) in [4.78, 5) is 0.718. The Morgan fingerprint density at radius 2 is 1.69 bits per heavy atom. The van der Waals surface area contributed by atoms with Gasteiger partial charge in [0, 0.05) is 11.9 Å². The number of ether oxygens (including phenoxy) is 1. The van der Waals surface area contributed by atoms with Crippen LogP contribution in [0.4, 0.5) is 0 Å².